The van der Waals surface area contributed by atoms with Crippen molar-refractivity contribution < 1.29 is 0 Å². The Morgan fingerprint density at radius 3 is 2.17 bits per heavy atom. The molecule has 0 amide bonds. The van der Waals surface area contributed by atoms with E-state index in [0.717, 1.165) is 23.6 Å². The lowest BCUT2D eigenvalue weighted by Gasteiger charge is -2.30. The molecule has 1 aromatic rings. The Morgan fingerprint density at radius 1 is 1.11 bits per heavy atom. The zero-order chi connectivity index (χ0) is 13.5. The molecule has 0 heterocycles. The Balaban J connectivity index is 2.40. The van der Waals surface area contributed by atoms with Crippen LogP contribution in [-0.4, -0.2) is 35.1 Å². The van der Waals surface area contributed by atoms with Crippen LogP contribution in [0, 0.1) is 0 Å². The smallest absolute Gasteiger partial charge is 0.106 e. The van der Waals surface area contributed by atoms with Gasteiger partial charge in [-0.15, -0.1) is 0 Å². The average Bonchev–Trinajstić information content (AvgIpc) is 2.34. The van der Waals surface area contributed by atoms with Gasteiger partial charge in [0.25, 0.3) is 0 Å². The van der Waals surface area contributed by atoms with Crippen LogP contribution in [0.5, 0.6) is 0 Å². The topological polar surface area (TPSA) is 15.3 Å². The summed E-state index contributed by atoms with van der Waals surface area (Å²) in [5.41, 5.74) is 1.09. The molecule has 0 aliphatic carbocycles. The summed E-state index contributed by atoms with van der Waals surface area (Å²) in [6, 6.07) is 11.2. The van der Waals surface area contributed by atoms with Crippen molar-refractivity contribution in [2.75, 3.05) is 13.1 Å². The van der Waals surface area contributed by atoms with Crippen molar-refractivity contribution in [1.29, 1.82) is 0 Å². The molecule has 2 nitrogen and oxygen atoms in total. The Labute approximate surface area is 116 Å². The van der Waals surface area contributed by atoms with E-state index in [-0.39, 0.29) is 0 Å². The molecule has 0 fully saturated rings. The third-order valence-electron chi connectivity index (χ3n) is 3.02. The van der Waals surface area contributed by atoms with Crippen LogP contribution in [0.15, 0.2) is 30.3 Å². The molecule has 3 heteroatoms. The Kier molecular flexibility index (Phi) is 6.30. The number of rotatable bonds is 6. The van der Waals surface area contributed by atoms with Gasteiger partial charge in [-0.1, -0.05) is 42.5 Å². The molecule has 1 N–H and O–H groups in total. The zero-order valence-electron chi connectivity index (χ0n) is 11.8. The third kappa shape index (κ3) is 4.75. The Hall–Kier alpha value is -0.930. The number of thiocarbonyl (C=S) groups is 1. The molecular weight excluding hydrogens is 240 g/mol. The minimum Gasteiger partial charge on any atom is -0.375 e. The van der Waals surface area contributed by atoms with Gasteiger partial charge in [-0.25, -0.2) is 0 Å². The summed E-state index contributed by atoms with van der Waals surface area (Å²) >= 11 is 5.37. The van der Waals surface area contributed by atoms with Crippen molar-refractivity contribution in [3.8, 4) is 0 Å². The van der Waals surface area contributed by atoms with E-state index in [1.54, 1.807) is 0 Å². The summed E-state index contributed by atoms with van der Waals surface area (Å²) < 4.78 is 0. The standard InChI is InChI=1S/C15H24N2S/c1-12(2)17(13(3)4)11-10-16-15(18)14-8-6-5-7-9-14/h5-9,12-13H,10-11H2,1-4H3,(H,16,18). The SMILES string of the molecule is CC(C)N(CCNC(=S)c1ccccc1)C(C)C. The molecule has 0 unspecified atom stereocenters. The second-order valence-electron chi connectivity index (χ2n) is 5.05. The summed E-state index contributed by atoms with van der Waals surface area (Å²) in [5.74, 6) is 0. The fourth-order valence-corrected chi connectivity index (χ4v) is 2.34. The third-order valence-corrected chi connectivity index (χ3v) is 3.40. The van der Waals surface area contributed by atoms with E-state index in [4.69, 9.17) is 12.2 Å². The second kappa shape index (κ2) is 7.49. The number of hydrogen-bond donors (Lipinski definition) is 1. The van der Waals surface area contributed by atoms with Gasteiger partial charge in [0.1, 0.15) is 4.99 Å². The van der Waals surface area contributed by atoms with Crippen molar-refractivity contribution in [1.82, 2.24) is 10.2 Å². The number of benzene rings is 1. The molecule has 0 aliphatic rings. The highest BCUT2D eigenvalue weighted by molar-refractivity contribution is 7.80. The van der Waals surface area contributed by atoms with Gasteiger partial charge < -0.3 is 5.32 Å². The fraction of sp³-hybridized carbons (Fsp3) is 0.533. The highest BCUT2D eigenvalue weighted by Gasteiger charge is 2.12. The Morgan fingerprint density at radius 2 is 1.67 bits per heavy atom. The van der Waals surface area contributed by atoms with E-state index in [2.05, 4.69) is 37.9 Å². The quantitative estimate of drug-likeness (QED) is 0.795. The second-order valence-corrected chi connectivity index (χ2v) is 5.46. The summed E-state index contributed by atoms with van der Waals surface area (Å²) in [5, 5.41) is 3.33. The first-order valence-electron chi connectivity index (χ1n) is 6.61. The first kappa shape index (κ1) is 15.1. The number of nitrogens with one attached hydrogen (secondary N) is 1. The van der Waals surface area contributed by atoms with E-state index in [0.29, 0.717) is 12.1 Å². The molecule has 18 heavy (non-hydrogen) atoms. The first-order chi connectivity index (χ1) is 8.52. The van der Waals surface area contributed by atoms with Gasteiger partial charge >= 0.3 is 0 Å². The van der Waals surface area contributed by atoms with E-state index in [1.807, 2.05) is 30.3 Å². The largest absolute Gasteiger partial charge is 0.375 e. The van der Waals surface area contributed by atoms with Gasteiger partial charge in [0.05, 0.1) is 0 Å². The molecule has 0 aliphatic heterocycles. The normalized spacial score (nSPS) is 11.3. The predicted molar refractivity (Wildman–Crippen MR) is 83.1 cm³/mol. The summed E-state index contributed by atoms with van der Waals surface area (Å²) in [6.07, 6.45) is 0. The maximum absolute atomic E-state index is 5.37. The lowest BCUT2D eigenvalue weighted by molar-refractivity contribution is 0.178. The van der Waals surface area contributed by atoms with Gasteiger partial charge in [-0.2, -0.15) is 0 Å². The van der Waals surface area contributed by atoms with Crippen LogP contribution in [0.1, 0.15) is 33.3 Å². The number of nitrogens with zero attached hydrogens (tertiary/aromatic N) is 1. The highest BCUT2D eigenvalue weighted by atomic mass is 32.1. The van der Waals surface area contributed by atoms with Gasteiger partial charge in [-0.05, 0) is 27.7 Å². The van der Waals surface area contributed by atoms with Crippen LogP contribution in [0.3, 0.4) is 0 Å². The highest BCUT2D eigenvalue weighted by Crippen LogP contribution is 2.04. The van der Waals surface area contributed by atoms with Gasteiger partial charge in [-0.3, -0.25) is 4.90 Å². The molecule has 0 saturated carbocycles. The Bertz CT molecular complexity index is 352. The minimum absolute atomic E-state index is 0.567. The minimum atomic E-state index is 0.567. The summed E-state index contributed by atoms with van der Waals surface area (Å²) in [7, 11) is 0. The lowest BCUT2D eigenvalue weighted by atomic mass is 10.2. The maximum Gasteiger partial charge on any atom is 0.106 e. The maximum atomic E-state index is 5.37. The molecular formula is C15H24N2S. The van der Waals surface area contributed by atoms with E-state index < -0.39 is 0 Å². The van der Waals surface area contributed by atoms with Crippen LogP contribution in [-0.2, 0) is 0 Å². The molecule has 0 saturated heterocycles. The molecule has 0 bridgehead atoms. The molecule has 0 aromatic heterocycles. The van der Waals surface area contributed by atoms with Crippen molar-refractivity contribution in [2.45, 2.75) is 39.8 Å². The van der Waals surface area contributed by atoms with Crippen LogP contribution in [0.25, 0.3) is 0 Å². The molecule has 1 aromatic carbocycles. The molecule has 100 valence electrons. The summed E-state index contributed by atoms with van der Waals surface area (Å²) in [4.78, 5) is 3.30. The van der Waals surface area contributed by atoms with Crippen LogP contribution in [0.2, 0.25) is 0 Å². The fourth-order valence-electron chi connectivity index (χ4n) is 2.10. The van der Waals surface area contributed by atoms with Gasteiger partial charge in [0, 0.05) is 30.7 Å². The van der Waals surface area contributed by atoms with Crippen LogP contribution < -0.4 is 5.32 Å². The molecule has 0 radical (unpaired) electrons. The first-order valence-corrected chi connectivity index (χ1v) is 7.02. The van der Waals surface area contributed by atoms with Crippen LogP contribution in [0.4, 0.5) is 0 Å². The van der Waals surface area contributed by atoms with Crippen molar-refractivity contribution in [3.63, 3.8) is 0 Å². The van der Waals surface area contributed by atoms with E-state index in [9.17, 15) is 0 Å². The molecule has 1 rings (SSSR count). The van der Waals surface area contributed by atoms with E-state index in [1.165, 1.54) is 0 Å². The average molecular weight is 264 g/mol. The van der Waals surface area contributed by atoms with Crippen molar-refractivity contribution in [3.05, 3.63) is 35.9 Å². The monoisotopic (exact) mass is 264 g/mol. The van der Waals surface area contributed by atoms with E-state index >= 15 is 0 Å². The van der Waals surface area contributed by atoms with Gasteiger partial charge in [0.2, 0.25) is 0 Å². The zero-order valence-corrected chi connectivity index (χ0v) is 12.6. The lowest BCUT2D eigenvalue weighted by Crippen LogP contribution is -2.42. The molecule has 0 atom stereocenters. The number of hydrogen-bond acceptors (Lipinski definition) is 2. The van der Waals surface area contributed by atoms with Crippen molar-refractivity contribution >= 4 is 17.2 Å². The van der Waals surface area contributed by atoms with Crippen molar-refractivity contribution in [2.24, 2.45) is 0 Å². The summed E-state index contributed by atoms with van der Waals surface area (Å²) in [6.45, 7) is 10.8. The molecule has 0 spiro atoms. The van der Waals surface area contributed by atoms with Gasteiger partial charge in [0.15, 0.2) is 0 Å². The predicted octanol–water partition coefficient (Wildman–Crippen LogP) is 3.07. The van der Waals surface area contributed by atoms with Crippen LogP contribution >= 0.6 is 12.2 Å².